The lowest BCUT2D eigenvalue weighted by molar-refractivity contribution is 0.600. The minimum absolute atomic E-state index is 0.418. The van der Waals surface area contributed by atoms with E-state index < -0.39 is 0 Å². The second-order valence-electron chi connectivity index (χ2n) is 4.63. The molecule has 0 aliphatic carbocycles. The Bertz CT molecular complexity index is 680. The van der Waals surface area contributed by atoms with Crippen molar-refractivity contribution in [2.75, 3.05) is 0 Å². The van der Waals surface area contributed by atoms with Crippen LogP contribution in [0.3, 0.4) is 0 Å². The third-order valence-corrected chi connectivity index (χ3v) is 3.88. The zero-order chi connectivity index (χ0) is 12.7. The van der Waals surface area contributed by atoms with Gasteiger partial charge in [-0.1, -0.05) is 6.07 Å². The topological polar surface area (TPSA) is 30.7 Å². The molecule has 0 atom stereocenters. The SMILES string of the molecule is Cc1nc2c(-c3nccs3)cccc2n1C(C)C. The highest BCUT2D eigenvalue weighted by atomic mass is 32.1. The highest BCUT2D eigenvalue weighted by Crippen LogP contribution is 2.31. The molecule has 92 valence electrons. The number of nitrogens with zero attached hydrogens (tertiary/aromatic N) is 3. The first-order valence-corrected chi connectivity index (χ1v) is 6.94. The maximum absolute atomic E-state index is 4.72. The average molecular weight is 257 g/mol. The summed E-state index contributed by atoms with van der Waals surface area (Å²) in [4.78, 5) is 9.11. The Hall–Kier alpha value is -1.68. The van der Waals surface area contributed by atoms with Crippen LogP contribution in [0.5, 0.6) is 0 Å². The quantitative estimate of drug-likeness (QED) is 0.693. The first kappa shape index (κ1) is 11.4. The van der Waals surface area contributed by atoms with Gasteiger partial charge in [-0.3, -0.25) is 0 Å². The van der Waals surface area contributed by atoms with Crippen molar-refractivity contribution in [1.82, 2.24) is 14.5 Å². The highest BCUT2D eigenvalue weighted by molar-refractivity contribution is 7.13. The molecule has 18 heavy (non-hydrogen) atoms. The molecule has 3 aromatic rings. The van der Waals surface area contributed by atoms with Crippen LogP contribution in [0.15, 0.2) is 29.8 Å². The second kappa shape index (κ2) is 4.21. The van der Waals surface area contributed by atoms with Crippen LogP contribution in [0.25, 0.3) is 21.6 Å². The van der Waals surface area contributed by atoms with Gasteiger partial charge in [0, 0.05) is 23.2 Å². The van der Waals surface area contributed by atoms with Crippen molar-refractivity contribution < 1.29 is 0 Å². The summed E-state index contributed by atoms with van der Waals surface area (Å²) in [5.41, 5.74) is 3.37. The summed E-state index contributed by atoms with van der Waals surface area (Å²) in [7, 11) is 0. The Kier molecular flexibility index (Phi) is 2.67. The fourth-order valence-electron chi connectivity index (χ4n) is 2.41. The molecule has 0 saturated heterocycles. The van der Waals surface area contributed by atoms with E-state index in [4.69, 9.17) is 4.98 Å². The van der Waals surface area contributed by atoms with Crippen LogP contribution in [-0.4, -0.2) is 14.5 Å². The fraction of sp³-hybridized carbons (Fsp3) is 0.286. The molecule has 0 amide bonds. The third kappa shape index (κ3) is 1.64. The normalized spacial score (nSPS) is 11.6. The Balaban J connectivity index is 2.33. The molecule has 1 aromatic carbocycles. The number of fused-ring (bicyclic) bond motifs is 1. The lowest BCUT2D eigenvalue weighted by atomic mass is 10.2. The summed E-state index contributed by atoms with van der Waals surface area (Å²) in [6.07, 6.45) is 1.84. The number of thiazole rings is 1. The molecule has 0 N–H and O–H groups in total. The minimum atomic E-state index is 0.418. The van der Waals surface area contributed by atoms with E-state index >= 15 is 0 Å². The summed E-state index contributed by atoms with van der Waals surface area (Å²) >= 11 is 1.65. The predicted molar refractivity (Wildman–Crippen MR) is 76.0 cm³/mol. The maximum atomic E-state index is 4.72. The fourth-order valence-corrected chi connectivity index (χ4v) is 3.08. The Labute approximate surface area is 110 Å². The summed E-state index contributed by atoms with van der Waals surface area (Å²) in [5, 5.41) is 3.04. The molecule has 2 aromatic heterocycles. The zero-order valence-electron chi connectivity index (χ0n) is 10.7. The van der Waals surface area contributed by atoms with Gasteiger partial charge in [-0.15, -0.1) is 11.3 Å². The predicted octanol–water partition coefficient (Wildman–Crippen LogP) is 4.05. The monoisotopic (exact) mass is 257 g/mol. The second-order valence-corrected chi connectivity index (χ2v) is 5.53. The van der Waals surface area contributed by atoms with Gasteiger partial charge in [0.25, 0.3) is 0 Å². The van der Waals surface area contributed by atoms with Gasteiger partial charge in [-0.25, -0.2) is 9.97 Å². The molecule has 0 radical (unpaired) electrons. The van der Waals surface area contributed by atoms with Crippen molar-refractivity contribution in [3.63, 3.8) is 0 Å². The molecular formula is C14H15N3S. The number of para-hydroxylation sites is 1. The lowest BCUT2D eigenvalue weighted by Gasteiger charge is -2.10. The maximum Gasteiger partial charge on any atom is 0.125 e. The van der Waals surface area contributed by atoms with Gasteiger partial charge >= 0.3 is 0 Å². The molecule has 3 rings (SSSR count). The number of rotatable bonds is 2. The molecule has 3 nitrogen and oxygen atoms in total. The van der Waals surface area contributed by atoms with Crippen LogP contribution >= 0.6 is 11.3 Å². The zero-order valence-corrected chi connectivity index (χ0v) is 11.5. The van der Waals surface area contributed by atoms with E-state index in [1.807, 2.05) is 11.6 Å². The van der Waals surface area contributed by atoms with Crippen LogP contribution in [0.1, 0.15) is 25.7 Å². The van der Waals surface area contributed by atoms with Gasteiger partial charge in [-0.05, 0) is 32.9 Å². The molecule has 0 aliphatic heterocycles. The molecular weight excluding hydrogens is 242 g/mol. The molecule has 2 heterocycles. The number of imidazole rings is 1. The first-order chi connectivity index (χ1) is 8.68. The van der Waals surface area contributed by atoms with Crippen LogP contribution < -0.4 is 0 Å². The van der Waals surface area contributed by atoms with Crippen molar-refractivity contribution in [3.05, 3.63) is 35.6 Å². The summed E-state index contributed by atoms with van der Waals surface area (Å²) < 4.78 is 2.27. The number of benzene rings is 1. The number of aryl methyl sites for hydroxylation is 1. The van der Waals surface area contributed by atoms with E-state index in [-0.39, 0.29) is 0 Å². The van der Waals surface area contributed by atoms with Crippen LogP contribution in [0, 0.1) is 6.92 Å². The summed E-state index contributed by atoms with van der Waals surface area (Å²) in [5.74, 6) is 1.06. The average Bonchev–Trinajstić information content (AvgIpc) is 2.93. The molecule has 0 fully saturated rings. The largest absolute Gasteiger partial charge is 0.326 e. The standard InChI is InChI=1S/C14H15N3S/c1-9(2)17-10(3)16-13-11(5-4-6-12(13)17)14-15-7-8-18-14/h4-9H,1-3H3. The van der Waals surface area contributed by atoms with E-state index in [0.717, 1.165) is 21.9 Å². The van der Waals surface area contributed by atoms with Crippen LogP contribution in [0.2, 0.25) is 0 Å². The molecule has 0 unspecified atom stereocenters. The Morgan fingerprint density at radius 3 is 2.78 bits per heavy atom. The minimum Gasteiger partial charge on any atom is -0.326 e. The van der Waals surface area contributed by atoms with Crippen LogP contribution in [0.4, 0.5) is 0 Å². The van der Waals surface area contributed by atoms with E-state index in [2.05, 4.69) is 48.5 Å². The molecule has 0 spiro atoms. The van der Waals surface area contributed by atoms with Gasteiger partial charge in [0.1, 0.15) is 10.8 Å². The molecule has 0 bridgehead atoms. The van der Waals surface area contributed by atoms with E-state index in [9.17, 15) is 0 Å². The van der Waals surface area contributed by atoms with Crippen molar-refractivity contribution >= 4 is 22.4 Å². The van der Waals surface area contributed by atoms with Gasteiger partial charge in [-0.2, -0.15) is 0 Å². The lowest BCUT2D eigenvalue weighted by Crippen LogP contribution is -2.02. The Morgan fingerprint density at radius 1 is 1.28 bits per heavy atom. The van der Waals surface area contributed by atoms with E-state index in [0.29, 0.717) is 6.04 Å². The number of aromatic nitrogens is 3. The Morgan fingerprint density at radius 2 is 2.11 bits per heavy atom. The molecule has 4 heteroatoms. The van der Waals surface area contributed by atoms with Crippen molar-refractivity contribution in [2.24, 2.45) is 0 Å². The van der Waals surface area contributed by atoms with Gasteiger partial charge in [0.05, 0.1) is 11.0 Å². The van der Waals surface area contributed by atoms with Crippen molar-refractivity contribution in [1.29, 1.82) is 0 Å². The van der Waals surface area contributed by atoms with E-state index in [1.54, 1.807) is 11.3 Å². The first-order valence-electron chi connectivity index (χ1n) is 6.06. The van der Waals surface area contributed by atoms with Gasteiger partial charge in [0.2, 0.25) is 0 Å². The van der Waals surface area contributed by atoms with Gasteiger partial charge < -0.3 is 4.57 Å². The van der Waals surface area contributed by atoms with Gasteiger partial charge in [0.15, 0.2) is 0 Å². The third-order valence-electron chi connectivity index (χ3n) is 3.08. The van der Waals surface area contributed by atoms with Crippen molar-refractivity contribution in [3.8, 4) is 10.6 Å². The summed E-state index contributed by atoms with van der Waals surface area (Å²) in [6.45, 7) is 6.43. The van der Waals surface area contributed by atoms with Crippen LogP contribution in [-0.2, 0) is 0 Å². The molecule has 0 saturated carbocycles. The number of hydrogen-bond acceptors (Lipinski definition) is 3. The highest BCUT2D eigenvalue weighted by Gasteiger charge is 2.14. The van der Waals surface area contributed by atoms with Crippen molar-refractivity contribution in [2.45, 2.75) is 26.8 Å². The number of hydrogen-bond donors (Lipinski definition) is 0. The summed E-state index contributed by atoms with van der Waals surface area (Å²) in [6, 6.07) is 6.73. The molecule has 0 aliphatic rings. The van der Waals surface area contributed by atoms with E-state index in [1.165, 1.54) is 5.52 Å². The smallest absolute Gasteiger partial charge is 0.125 e.